The van der Waals surface area contributed by atoms with Crippen LogP contribution in [0.1, 0.15) is 40.5 Å². The molecule has 156 valence electrons. The van der Waals surface area contributed by atoms with Crippen molar-refractivity contribution in [3.8, 4) is 11.5 Å². The SMILES string of the molecule is CC(=O)c1ccc(Oc2ccncc2C(=O)N2CCN(C3CC3)c3ccccc32)cc1. The fourth-order valence-electron chi connectivity index (χ4n) is 4.02. The van der Waals surface area contributed by atoms with Crippen LogP contribution in [0.25, 0.3) is 0 Å². The van der Waals surface area contributed by atoms with Gasteiger partial charge in [-0.3, -0.25) is 14.6 Å². The highest BCUT2D eigenvalue weighted by Gasteiger charge is 2.36. The van der Waals surface area contributed by atoms with Crippen LogP contribution in [0.15, 0.2) is 67.0 Å². The first-order valence-electron chi connectivity index (χ1n) is 10.5. The van der Waals surface area contributed by atoms with Gasteiger partial charge in [-0.25, -0.2) is 0 Å². The van der Waals surface area contributed by atoms with E-state index in [2.05, 4.69) is 16.0 Å². The molecule has 5 rings (SSSR count). The highest BCUT2D eigenvalue weighted by atomic mass is 16.5. The largest absolute Gasteiger partial charge is 0.456 e. The van der Waals surface area contributed by atoms with Crippen LogP contribution in [0, 0.1) is 0 Å². The van der Waals surface area contributed by atoms with Crippen molar-refractivity contribution < 1.29 is 14.3 Å². The maximum atomic E-state index is 13.6. The minimum Gasteiger partial charge on any atom is -0.456 e. The van der Waals surface area contributed by atoms with Crippen LogP contribution < -0.4 is 14.5 Å². The monoisotopic (exact) mass is 413 g/mol. The molecule has 31 heavy (non-hydrogen) atoms. The van der Waals surface area contributed by atoms with Gasteiger partial charge < -0.3 is 14.5 Å². The number of ether oxygens (including phenoxy) is 1. The molecule has 0 radical (unpaired) electrons. The van der Waals surface area contributed by atoms with Crippen LogP contribution in [-0.4, -0.2) is 35.8 Å². The third-order valence-electron chi connectivity index (χ3n) is 5.78. The van der Waals surface area contributed by atoms with Gasteiger partial charge in [-0.15, -0.1) is 0 Å². The number of para-hydroxylation sites is 2. The summed E-state index contributed by atoms with van der Waals surface area (Å²) in [6.07, 6.45) is 5.59. The van der Waals surface area contributed by atoms with Crippen LogP contribution in [0.4, 0.5) is 11.4 Å². The number of fused-ring (bicyclic) bond motifs is 1. The number of pyridine rings is 1. The van der Waals surface area contributed by atoms with Crippen LogP contribution in [0.3, 0.4) is 0 Å². The number of carbonyl (C=O) groups is 2. The maximum absolute atomic E-state index is 13.6. The summed E-state index contributed by atoms with van der Waals surface area (Å²) in [6, 6.07) is 17.2. The van der Waals surface area contributed by atoms with Gasteiger partial charge in [0.2, 0.25) is 0 Å². The Kier molecular flexibility index (Phi) is 4.90. The normalized spacial score (nSPS) is 15.4. The number of anilines is 2. The zero-order chi connectivity index (χ0) is 21.4. The Balaban J connectivity index is 1.44. The molecule has 1 amide bonds. The summed E-state index contributed by atoms with van der Waals surface area (Å²) in [6.45, 7) is 2.96. The Morgan fingerprint density at radius 2 is 1.71 bits per heavy atom. The van der Waals surface area contributed by atoms with Crippen molar-refractivity contribution in [3.63, 3.8) is 0 Å². The lowest BCUT2D eigenvalue weighted by atomic mass is 10.1. The van der Waals surface area contributed by atoms with Gasteiger partial charge >= 0.3 is 0 Å². The van der Waals surface area contributed by atoms with Crippen molar-refractivity contribution in [1.29, 1.82) is 0 Å². The smallest absolute Gasteiger partial charge is 0.263 e. The lowest BCUT2D eigenvalue weighted by molar-refractivity contribution is 0.0982. The average Bonchev–Trinajstić information content (AvgIpc) is 3.64. The summed E-state index contributed by atoms with van der Waals surface area (Å²) in [7, 11) is 0. The van der Waals surface area contributed by atoms with Crippen molar-refractivity contribution >= 4 is 23.1 Å². The third-order valence-corrected chi connectivity index (χ3v) is 5.78. The number of rotatable bonds is 5. The molecule has 6 heteroatoms. The second kappa shape index (κ2) is 7.87. The fraction of sp³-hybridized carbons (Fsp3) is 0.240. The lowest BCUT2D eigenvalue weighted by Gasteiger charge is -2.38. The second-order valence-electron chi connectivity index (χ2n) is 7.92. The molecule has 1 fully saturated rings. The minimum absolute atomic E-state index is 0.00432. The van der Waals surface area contributed by atoms with E-state index in [1.165, 1.54) is 19.8 Å². The van der Waals surface area contributed by atoms with Gasteiger partial charge in [-0.2, -0.15) is 0 Å². The van der Waals surface area contributed by atoms with E-state index in [4.69, 9.17) is 4.74 Å². The molecule has 2 heterocycles. The first kappa shape index (κ1) is 19.3. The molecule has 2 aliphatic rings. The van der Waals surface area contributed by atoms with Crippen LogP contribution in [0.2, 0.25) is 0 Å². The highest BCUT2D eigenvalue weighted by Crippen LogP contribution is 2.40. The summed E-state index contributed by atoms with van der Waals surface area (Å²) in [5.41, 5.74) is 3.05. The van der Waals surface area contributed by atoms with E-state index in [1.807, 2.05) is 23.1 Å². The van der Waals surface area contributed by atoms with E-state index < -0.39 is 0 Å². The standard InChI is InChI=1S/C25H23N3O3/c1-17(29)18-6-10-20(11-7-18)31-24-12-13-26-16-21(24)25(30)28-15-14-27(19-8-9-19)22-4-2-3-5-23(22)28/h2-7,10-13,16,19H,8-9,14-15H2,1H3. The van der Waals surface area contributed by atoms with E-state index in [0.29, 0.717) is 35.2 Å². The summed E-state index contributed by atoms with van der Waals surface area (Å²) >= 11 is 0. The predicted octanol–water partition coefficient (Wildman–Crippen LogP) is 4.71. The zero-order valence-corrected chi connectivity index (χ0v) is 17.3. The van der Waals surface area contributed by atoms with Gasteiger partial charge in [0.15, 0.2) is 5.78 Å². The number of ketones is 1. The van der Waals surface area contributed by atoms with Crippen LogP contribution in [-0.2, 0) is 0 Å². The minimum atomic E-state index is -0.133. The summed E-state index contributed by atoms with van der Waals surface area (Å²) < 4.78 is 6.00. The number of nitrogens with zero attached hydrogens (tertiary/aromatic N) is 3. The van der Waals surface area contributed by atoms with Crippen molar-refractivity contribution in [2.24, 2.45) is 0 Å². The second-order valence-corrected chi connectivity index (χ2v) is 7.92. The molecule has 0 atom stereocenters. The summed E-state index contributed by atoms with van der Waals surface area (Å²) in [5.74, 6) is 0.864. The molecule has 0 bridgehead atoms. The van der Waals surface area contributed by atoms with Gasteiger partial charge in [0.1, 0.15) is 17.1 Å². The molecule has 0 spiro atoms. The quantitative estimate of drug-likeness (QED) is 0.567. The average molecular weight is 413 g/mol. The molecule has 1 aliphatic carbocycles. The molecule has 1 aliphatic heterocycles. The Bertz CT molecular complexity index is 1140. The number of aromatic nitrogens is 1. The van der Waals surface area contributed by atoms with E-state index in [1.54, 1.807) is 42.7 Å². The molecule has 1 saturated carbocycles. The summed E-state index contributed by atoms with van der Waals surface area (Å²) in [5, 5.41) is 0. The first-order valence-corrected chi connectivity index (χ1v) is 10.5. The Hall–Kier alpha value is -3.67. The molecule has 3 aromatic rings. The van der Waals surface area contributed by atoms with Crippen molar-refractivity contribution in [3.05, 3.63) is 78.1 Å². The Labute approximate surface area is 181 Å². The summed E-state index contributed by atoms with van der Waals surface area (Å²) in [4.78, 5) is 33.4. The molecule has 0 unspecified atom stereocenters. The van der Waals surface area contributed by atoms with Gasteiger partial charge in [0.05, 0.1) is 11.4 Å². The fourth-order valence-corrected chi connectivity index (χ4v) is 4.02. The third kappa shape index (κ3) is 3.77. The van der Waals surface area contributed by atoms with Gasteiger partial charge in [0, 0.05) is 37.1 Å². The van der Waals surface area contributed by atoms with Crippen molar-refractivity contribution in [2.45, 2.75) is 25.8 Å². The van der Waals surface area contributed by atoms with E-state index in [0.717, 1.165) is 17.9 Å². The lowest BCUT2D eigenvalue weighted by Crippen LogP contribution is -2.45. The first-order chi connectivity index (χ1) is 15.1. The number of amides is 1. The number of benzene rings is 2. The van der Waals surface area contributed by atoms with Crippen LogP contribution in [0.5, 0.6) is 11.5 Å². The molecule has 1 aromatic heterocycles. The number of Topliss-reactive ketones (excluding diaryl/α,β-unsaturated/α-hetero) is 1. The van der Waals surface area contributed by atoms with E-state index in [9.17, 15) is 9.59 Å². The number of hydrogen-bond acceptors (Lipinski definition) is 5. The molecular formula is C25H23N3O3. The number of carbonyl (C=O) groups excluding carboxylic acids is 2. The Morgan fingerprint density at radius 3 is 2.42 bits per heavy atom. The molecule has 0 N–H and O–H groups in total. The van der Waals surface area contributed by atoms with Crippen molar-refractivity contribution in [2.75, 3.05) is 22.9 Å². The maximum Gasteiger partial charge on any atom is 0.263 e. The van der Waals surface area contributed by atoms with Gasteiger partial charge in [-0.05, 0) is 62.2 Å². The number of hydrogen-bond donors (Lipinski definition) is 0. The molecule has 6 nitrogen and oxygen atoms in total. The highest BCUT2D eigenvalue weighted by molar-refractivity contribution is 6.09. The molecule has 0 saturated heterocycles. The Morgan fingerprint density at radius 1 is 0.968 bits per heavy atom. The van der Waals surface area contributed by atoms with E-state index >= 15 is 0 Å². The van der Waals surface area contributed by atoms with Gasteiger partial charge in [-0.1, -0.05) is 12.1 Å². The van der Waals surface area contributed by atoms with Crippen molar-refractivity contribution in [1.82, 2.24) is 4.98 Å². The van der Waals surface area contributed by atoms with Gasteiger partial charge in [0.25, 0.3) is 5.91 Å². The predicted molar refractivity (Wildman–Crippen MR) is 119 cm³/mol. The topological polar surface area (TPSA) is 62.7 Å². The van der Waals surface area contributed by atoms with Crippen LogP contribution >= 0.6 is 0 Å². The molecule has 2 aromatic carbocycles. The van der Waals surface area contributed by atoms with E-state index in [-0.39, 0.29) is 11.7 Å². The zero-order valence-electron chi connectivity index (χ0n) is 17.3. The molecular weight excluding hydrogens is 390 g/mol.